The fourth-order valence-corrected chi connectivity index (χ4v) is 4.47. The SMILES string of the molecule is CCS(=O)(=O)c1ccc(N(C)C(=O)C2CC2)nc1-c1ncc2c(OCC(F)(F)C(F)(F)F)cccn12. The zero-order chi connectivity index (χ0) is 26.5. The molecule has 4 rings (SSSR count). The number of aromatic nitrogens is 3. The average Bonchev–Trinajstić information content (AvgIpc) is 3.59. The second-order valence-corrected chi connectivity index (χ2v) is 10.5. The van der Waals surface area contributed by atoms with E-state index in [9.17, 15) is 35.2 Å². The first-order valence-electron chi connectivity index (χ1n) is 10.8. The Labute approximate surface area is 202 Å². The number of imidazole rings is 1. The van der Waals surface area contributed by atoms with Crippen LogP contribution in [0.5, 0.6) is 5.75 Å². The Bertz CT molecular complexity index is 1420. The molecule has 0 bridgehead atoms. The van der Waals surface area contributed by atoms with Crippen molar-refractivity contribution in [3.63, 3.8) is 0 Å². The Morgan fingerprint density at radius 2 is 1.89 bits per heavy atom. The summed E-state index contributed by atoms with van der Waals surface area (Å²) < 4.78 is 96.0. The van der Waals surface area contributed by atoms with E-state index >= 15 is 0 Å². The fourth-order valence-electron chi connectivity index (χ4n) is 3.45. The third-order valence-corrected chi connectivity index (χ3v) is 7.49. The number of fused-ring (bicyclic) bond motifs is 1. The molecule has 1 amide bonds. The van der Waals surface area contributed by atoms with E-state index in [2.05, 4.69) is 9.97 Å². The van der Waals surface area contributed by atoms with Crippen LogP contribution >= 0.6 is 0 Å². The van der Waals surface area contributed by atoms with E-state index in [1.165, 1.54) is 53.7 Å². The molecular weight excluding hydrogens is 511 g/mol. The second-order valence-electron chi connectivity index (χ2n) is 8.29. The van der Waals surface area contributed by atoms with E-state index < -0.39 is 28.5 Å². The van der Waals surface area contributed by atoms with Crippen LogP contribution in [0.3, 0.4) is 0 Å². The maximum atomic E-state index is 13.4. The van der Waals surface area contributed by atoms with Crippen molar-refractivity contribution in [2.45, 2.75) is 36.8 Å². The molecule has 14 heteroatoms. The molecule has 3 aromatic rings. The lowest BCUT2D eigenvalue weighted by Crippen LogP contribution is -2.41. The first-order chi connectivity index (χ1) is 16.8. The van der Waals surface area contributed by atoms with Gasteiger partial charge in [-0.1, -0.05) is 6.92 Å². The van der Waals surface area contributed by atoms with Crippen molar-refractivity contribution in [1.29, 1.82) is 0 Å². The number of carbonyl (C=O) groups excluding carboxylic acids is 1. The van der Waals surface area contributed by atoms with Crippen molar-refractivity contribution in [3.8, 4) is 17.3 Å². The molecule has 0 unspecified atom stereocenters. The lowest BCUT2D eigenvalue weighted by Gasteiger charge is -2.20. The van der Waals surface area contributed by atoms with Crippen molar-refractivity contribution >= 4 is 27.1 Å². The van der Waals surface area contributed by atoms with E-state index in [1.807, 2.05) is 0 Å². The molecule has 0 spiro atoms. The van der Waals surface area contributed by atoms with Crippen LogP contribution in [-0.4, -0.2) is 60.2 Å². The highest BCUT2D eigenvalue weighted by Gasteiger charge is 2.58. The van der Waals surface area contributed by atoms with Crippen LogP contribution in [0.4, 0.5) is 27.8 Å². The Kier molecular flexibility index (Phi) is 6.43. The molecule has 0 aliphatic heterocycles. The summed E-state index contributed by atoms with van der Waals surface area (Å²) in [6, 6.07) is 5.21. The zero-order valence-electron chi connectivity index (χ0n) is 19.1. The normalized spacial score (nSPS) is 14.8. The number of sulfone groups is 1. The van der Waals surface area contributed by atoms with Crippen molar-refractivity contribution < 1.29 is 39.9 Å². The van der Waals surface area contributed by atoms with Crippen LogP contribution in [0, 0.1) is 5.92 Å². The molecule has 0 atom stereocenters. The molecule has 1 aliphatic carbocycles. The van der Waals surface area contributed by atoms with Gasteiger partial charge in [0.05, 0.1) is 16.8 Å². The summed E-state index contributed by atoms with van der Waals surface area (Å²) in [6.07, 6.45) is -1.74. The molecular formula is C22H21F5N4O4S. The number of hydrogen-bond donors (Lipinski definition) is 0. The van der Waals surface area contributed by atoms with E-state index in [1.54, 1.807) is 0 Å². The van der Waals surface area contributed by atoms with Crippen LogP contribution in [0.1, 0.15) is 19.8 Å². The molecule has 1 fully saturated rings. The molecule has 36 heavy (non-hydrogen) atoms. The molecule has 1 aliphatic rings. The lowest BCUT2D eigenvalue weighted by molar-refractivity contribution is -0.289. The lowest BCUT2D eigenvalue weighted by atomic mass is 10.3. The highest BCUT2D eigenvalue weighted by Crippen LogP contribution is 2.37. The molecule has 0 saturated heterocycles. The van der Waals surface area contributed by atoms with Crippen molar-refractivity contribution in [2.24, 2.45) is 5.92 Å². The van der Waals surface area contributed by atoms with Crippen molar-refractivity contribution in [1.82, 2.24) is 14.4 Å². The molecule has 0 aromatic carbocycles. The summed E-state index contributed by atoms with van der Waals surface area (Å²) in [6.45, 7) is -0.514. The number of carbonyl (C=O) groups is 1. The fraction of sp³-hybridized carbons (Fsp3) is 0.409. The van der Waals surface area contributed by atoms with Gasteiger partial charge in [0.25, 0.3) is 0 Å². The number of anilines is 1. The zero-order valence-corrected chi connectivity index (χ0v) is 19.9. The van der Waals surface area contributed by atoms with Gasteiger partial charge in [0.1, 0.15) is 22.8 Å². The highest BCUT2D eigenvalue weighted by atomic mass is 32.2. The maximum absolute atomic E-state index is 13.4. The number of amides is 1. The van der Waals surface area contributed by atoms with Gasteiger partial charge in [-0.05, 0) is 37.1 Å². The first-order valence-corrected chi connectivity index (χ1v) is 12.5. The van der Waals surface area contributed by atoms with Gasteiger partial charge in [0.15, 0.2) is 22.3 Å². The Hall–Kier alpha value is -3.29. The van der Waals surface area contributed by atoms with E-state index in [-0.39, 0.29) is 51.1 Å². The number of pyridine rings is 2. The van der Waals surface area contributed by atoms with Crippen LogP contribution in [0.15, 0.2) is 41.6 Å². The third kappa shape index (κ3) is 4.73. The quantitative estimate of drug-likeness (QED) is 0.405. The van der Waals surface area contributed by atoms with Crippen LogP contribution < -0.4 is 9.64 Å². The predicted molar refractivity (Wildman–Crippen MR) is 119 cm³/mol. The van der Waals surface area contributed by atoms with Gasteiger partial charge in [-0.3, -0.25) is 14.1 Å². The van der Waals surface area contributed by atoms with E-state index in [4.69, 9.17) is 4.74 Å². The first kappa shape index (κ1) is 25.8. The summed E-state index contributed by atoms with van der Waals surface area (Å²) in [5, 5.41) is 0. The second kappa shape index (κ2) is 8.98. The molecule has 8 nitrogen and oxygen atoms in total. The number of rotatable bonds is 8. The van der Waals surface area contributed by atoms with Gasteiger partial charge in [0.2, 0.25) is 5.91 Å². The standard InChI is InChI=1S/C22H21F5N4O4S/c1-3-36(33,34)16-8-9-17(30(2)20(32)13-6-7-13)29-18(16)19-28-11-14-15(5-4-10-31(14)19)35-12-21(23,24)22(25,26)27/h4-5,8-11,13H,3,6-7,12H2,1-2H3. The van der Waals surface area contributed by atoms with Crippen LogP contribution in [-0.2, 0) is 14.6 Å². The predicted octanol–water partition coefficient (Wildman–Crippen LogP) is 4.14. The van der Waals surface area contributed by atoms with Gasteiger partial charge in [-0.2, -0.15) is 22.0 Å². The van der Waals surface area contributed by atoms with Crippen molar-refractivity contribution in [2.75, 3.05) is 24.3 Å². The topological polar surface area (TPSA) is 93.9 Å². The van der Waals surface area contributed by atoms with Crippen molar-refractivity contribution in [3.05, 3.63) is 36.7 Å². The third-order valence-electron chi connectivity index (χ3n) is 5.73. The summed E-state index contributed by atoms with van der Waals surface area (Å²) in [5.74, 6) is -5.82. The van der Waals surface area contributed by atoms with Gasteiger partial charge in [-0.25, -0.2) is 18.4 Å². The Morgan fingerprint density at radius 1 is 1.19 bits per heavy atom. The van der Waals surface area contributed by atoms with Gasteiger partial charge < -0.3 is 4.74 Å². The Balaban J connectivity index is 1.79. The number of alkyl halides is 5. The summed E-state index contributed by atoms with van der Waals surface area (Å²) in [7, 11) is -2.31. The summed E-state index contributed by atoms with van der Waals surface area (Å²) >= 11 is 0. The minimum Gasteiger partial charge on any atom is -0.485 e. The largest absolute Gasteiger partial charge is 0.485 e. The molecule has 0 radical (unpaired) electrons. The van der Waals surface area contributed by atoms with Gasteiger partial charge in [0, 0.05) is 19.2 Å². The number of hydrogen-bond acceptors (Lipinski definition) is 6. The molecule has 0 N–H and O–H groups in total. The molecule has 1 saturated carbocycles. The highest BCUT2D eigenvalue weighted by molar-refractivity contribution is 7.91. The summed E-state index contributed by atoms with van der Waals surface area (Å²) in [4.78, 5) is 22.2. The van der Waals surface area contributed by atoms with Gasteiger partial charge >= 0.3 is 12.1 Å². The van der Waals surface area contributed by atoms with Crippen LogP contribution in [0.2, 0.25) is 0 Å². The maximum Gasteiger partial charge on any atom is 0.456 e. The van der Waals surface area contributed by atoms with Crippen LogP contribution in [0.25, 0.3) is 17.0 Å². The van der Waals surface area contributed by atoms with E-state index in [0.717, 1.165) is 19.0 Å². The monoisotopic (exact) mass is 532 g/mol. The number of halogens is 5. The summed E-state index contributed by atoms with van der Waals surface area (Å²) in [5.41, 5.74) is -0.0949. The average molecular weight is 532 g/mol. The minimum atomic E-state index is -5.79. The molecule has 3 heterocycles. The van der Waals surface area contributed by atoms with Gasteiger partial charge in [-0.15, -0.1) is 0 Å². The number of nitrogens with zero attached hydrogens (tertiary/aromatic N) is 4. The Morgan fingerprint density at radius 3 is 2.50 bits per heavy atom. The number of ether oxygens (including phenoxy) is 1. The minimum absolute atomic E-state index is 0.0138. The molecule has 3 aromatic heterocycles. The molecule has 194 valence electrons. The van der Waals surface area contributed by atoms with E-state index in [0.29, 0.717) is 0 Å². The smallest absolute Gasteiger partial charge is 0.456 e.